The van der Waals surface area contributed by atoms with Crippen molar-refractivity contribution in [1.82, 2.24) is 5.43 Å². The van der Waals surface area contributed by atoms with Crippen molar-refractivity contribution in [3.05, 3.63) is 0 Å². The molecule has 0 radical (unpaired) electrons. The summed E-state index contributed by atoms with van der Waals surface area (Å²) in [6.45, 7) is 9.11. The van der Waals surface area contributed by atoms with Crippen LogP contribution in [-0.2, 0) is 9.47 Å². The largest absolute Gasteiger partial charge is 0.379 e. The van der Waals surface area contributed by atoms with E-state index in [1.54, 1.807) is 7.11 Å². The van der Waals surface area contributed by atoms with Gasteiger partial charge in [0.25, 0.3) is 0 Å². The Morgan fingerprint density at radius 3 is 2.29 bits per heavy atom. The van der Waals surface area contributed by atoms with Gasteiger partial charge < -0.3 is 9.47 Å². The van der Waals surface area contributed by atoms with Crippen LogP contribution >= 0.6 is 0 Å². The van der Waals surface area contributed by atoms with Crippen molar-refractivity contribution in [3.63, 3.8) is 0 Å². The molecule has 4 nitrogen and oxygen atoms in total. The molecule has 3 N–H and O–H groups in total. The first-order valence-electron chi connectivity index (χ1n) is 6.63. The van der Waals surface area contributed by atoms with Gasteiger partial charge in [-0.15, -0.1) is 0 Å². The topological polar surface area (TPSA) is 56.5 Å². The van der Waals surface area contributed by atoms with Gasteiger partial charge in [-0.25, -0.2) is 0 Å². The van der Waals surface area contributed by atoms with E-state index in [1.807, 2.05) is 6.92 Å². The first kappa shape index (κ1) is 16.8. The van der Waals surface area contributed by atoms with Crippen molar-refractivity contribution in [3.8, 4) is 0 Å². The minimum atomic E-state index is -0.0991. The van der Waals surface area contributed by atoms with Crippen molar-refractivity contribution in [2.45, 2.75) is 71.1 Å². The third kappa shape index (κ3) is 6.99. The molecule has 0 aromatic carbocycles. The predicted molar refractivity (Wildman–Crippen MR) is 71.8 cm³/mol. The van der Waals surface area contributed by atoms with Crippen molar-refractivity contribution < 1.29 is 9.47 Å². The van der Waals surface area contributed by atoms with Gasteiger partial charge in [0.05, 0.1) is 11.7 Å². The number of nitrogens with two attached hydrogens (primary N) is 1. The third-order valence-corrected chi connectivity index (χ3v) is 3.23. The highest BCUT2D eigenvalue weighted by Crippen LogP contribution is 2.20. The SMILES string of the molecule is CCCC(OCC)C(CCC(C)(C)OC)NN. The molecule has 0 bridgehead atoms. The van der Waals surface area contributed by atoms with Crippen LogP contribution in [-0.4, -0.2) is 31.5 Å². The van der Waals surface area contributed by atoms with Gasteiger partial charge in [0.1, 0.15) is 0 Å². The molecule has 0 saturated carbocycles. The lowest BCUT2D eigenvalue weighted by Gasteiger charge is -2.30. The molecule has 0 amide bonds. The Balaban J connectivity index is 4.26. The highest BCUT2D eigenvalue weighted by molar-refractivity contribution is 4.79. The van der Waals surface area contributed by atoms with E-state index in [0.717, 1.165) is 32.3 Å². The second kappa shape index (κ2) is 8.86. The molecule has 0 aliphatic rings. The van der Waals surface area contributed by atoms with Crippen LogP contribution in [0.25, 0.3) is 0 Å². The lowest BCUT2D eigenvalue weighted by atomic mass is 9.95. The molecule has 0 aliphatic heterocycles. The van der Waals surface area contributed by atoms with E-state index in [1.165, 1.54) is 0 Å². The maximum atomic E-state index is 5.75. The molecule has 0 aliphatic carbocycles. The van der Waals surface area contributed by atoms with Gasteiger partial charge in [0, 0.05) is 19.8 Å². The van der Waals surface area contributed by atoms with Gasteiger partial charge in [-0.2, -0.15) is 0 Å². The van der Waals surface area contributed by atoms with Gasteiger partial charge in [-0.1, -0.05) is 13.3 Å². The highest BCUT2D eigenvalue weighted by atomic mass is 16.5. The first-order chi connectivity index (χ1) is 8.00. The average Bonchev–Trinajstić information content (AvgIpc) is 2.30. The van der Waals surface area contributed by atoms with Gasteiger partial charge in [-0.3, -0.25) is 11.3 Å². The number of hydrogen-bond acceptors (Lipinski definition) is 4. The summed E-state index contributed by atoms with van der Waals surface area (Å²) >= 11 is 0. The summed E-state index contributed by atoms with van der Waals surface area (Å²) in [4.78, 5) is 0. The number of hydrogen-bond donors (Lipinski definition) is 2. The van der Waals surface area contributed by atoms with Crippen molar-refractivity contribution in [2.75, 3.05) is 13.7 Å². The maximum absolute atomic E-state index is 5.75. The summed E-state index contributed by atoms with van der Waals surface area (Å²) in [5.74, 6) is 5.63. The smallest absolute Gasteiger partial charge is 0.0741 e. The Bertz CT molecular complexity index is 180. The quantitative estimate of drug-likeness (QED) is 0.458. The molecule has 0 spiro atoms. The molecule has 0 saturated heterocycles. The summed E-state index contributed by atoms with van der Waals surface area (Å²) in [6.07, 6.45) is 4.27. The molecule has 0 rings (SSSR count). The van der Waals surface area contributed by atoms with Gasteiger partial charge in [-0.05, 0) is 40.0 Å². The fourth-order valence-electron chi connectivity index (χ4n) is 1.88. The van der Waals surface area contributed by atoms with E-state index in [9.17, 15) is 0 Å². The Morgan fingerprint density at radius 1 is 1.24 bits per heavy atom. The highest BCUT2D eigenvalue weighted by Gasteiger charge is 2.24. The minimum absolute atomic E-state index is 0.0991. The predicted octanol–water partition coefficient (Wildman–Crippen LogP) is 2.23. The summed E-state index contributed by atoms with van der Waals surface area (Å²) in [6, 6.07) is 0.198. The maximum Gasteiger partial charge on any atom is 0.0741 e. The van der Waals surface area contributed by atoms with Gasteiger partial charge in [0.15, 0.2) is 0 Å². The second-order valence-electron chi connectivity index (χ2n) is 5.06. The molecular formula is C13H30N2O2. The number of nitrogens with one attached hydrogen (secondary N) is 1. The molecule has 2 atom stereocenters. The number of hydrazine groups is 1. The van der Waals surface area contributed by atoms with Crippen LogP contribution in [0.2, 0.25) is 0 Å². The van der Waals surface area contributed by atoms with Gasteiger partial charge >= 0.3 is 0 Å². The van der Waals surface area contributed by atoms with E-state index in [2.05, 4.69) is 26.2 Å². The molecule has 104 valence electrons. The summed E-state index contributed by atoms with van der Waals surface area (Å²) < 4.78 is 11.2. The van der Waals surface area contributed by atoms with Crippen molar-refractivity contribution in [1.29, 1.82) is 0 Å². The third-order valence-electron chi connectivity index (χ3n) is 3.23. The van der Waals surface area contributed by atoms with Crippen LogP contribution in [0.4, 0.5) is 0 Å². The van der Waals surface area contributed by atoms with Crippen molar-refractivity contribution >= 4 is 0 Å². The molecule has 17 heavy (non-hydrogen) atoms. The molecule has 2 unspecified atom stereocenters. The zero-order valence-corrected chi connectivity index (χ0v) is 12.1. The molecule has 0 heterocycles. The number of ether oxygens (including phenoxy) is 2. The monoisotopic (exact) mass is 246 g/mol. The van der Waals surface area contributed by atoms with E-state index in [-0.39, 0.29) is 17.7 Å². The standard InChI is InChI=1S/C13H30N2O2/c1-6-8-12(17-7-2)11(15-14)9-10-13(3,4)16-5/h11-12,15H,6-10,14H2,1-5H3. The summed E-state index contributed by atoms with van der Waals surface area (Å²) in [5.41, 5.74) is 2.79. The van der Waals surface area contributed by atoms with Crippen LogP contribution in [0.5, 0.6) is 0 Å². The zero-order chi connectivity index (χ0) is 13.3. The van der Waals surface area contributed by atoms with Crippen LogP contribution in [0.15, 0.2) is 0 Å². The summed E-state index contributed by atoms with van der Waals surface area (Å²) in [7, 11) is 1.75. The van der Waals surface area contributed by atoms with Crippen LogP contribution < -0.4 is 11.3 Å². The fraction of sp³-hybridized carbons (Fsp3) is 1.00. The number of rotatable bonds is 10. The van der Waals surface area contributed by atoms with E-state index in [4.69, 9.17) is 15.3 Å². The van der Waals surface area contributed by atoms with E-state index in [0.29, 0.717) is 0 Å². The second-order valence-corrected chi connectivity index (χ2v) is 5.06. The molecular weight excluding hydrogens is 216 g/mol. The van der Waals surface area contributed by atoms with Crippen LogP contribution in [0, 0.1) is 0 Å². The van der Waals surface area contributed by atoms with E-state index >= 15 is 0 Å². The Kier molecular flexibility index (Phi) is 8.78. The summed E-state index contributed by atoms with van der Waals surface area (Å²) in [5, 5.41) is 0. The Morgan fingerprint density at radius 2 is 1.88 bits per heavy atom. The minimum Gasteiger partial charge on any atom is -0.379 e. The lowest BCUT2D eigenvalue weighted by molar-refractivity contribution is -0.00609. The fourth-order valence-corrected chi connectivity index (χ4v) is 1.88. The normalized spacial score (nSPS) is 15.9. The molecule has 0 aromatic heterocycles. The van der Waals surface area contributed by atoms with E-state index < -0.39 is 0 Å². The lowest BCUT2D eigenvalue weighted by Crippen LogP contribution is -2.46. The van der Waals surface area contributed by atoms with Crippen LogP contribution in [0.3, 0.4) is 0 Å². The first-order valence-corrected chi connectivity index (χ1v) is 6.63. The van der Waals surface area contributed by atoms with Crippen molar-refractivity contribution in [2.24, 2.45) is 5.84 Å². The Hall–Kier alpha value is -0.160. The average molecular weight is 246 g/mol. The molecule has 0 aromatic rings. The zero-order valence-electron chi connectivity index (χ0n) is 12.1. The van der Waals surface area contributed by atoms with Crippen LogP contribution in [0.1, 0.15) is 53.4 Å². The molecule has 4 heteroatoms. The molecule has 0 fully saturated rings. The van der Waals surface area contributed by atoms with Gasteiger partial charge in [0.2, 0.25) is 0 Å². The Labute approximate surface area is 106 Å². The number of methoxy groups -OCH3 is 1.